The maximum Gasteiger partial charge on any atom is 0.325 e. The number of aliphatic carboxylic acids is 1. The number of ether oxygens (including phenoxy) is 1. The van der Waals surface area contributed by atoms with Crippen molar-refractivity contribution in [2.24, 2.45) is 5.92 Å². The molecule has 0 saturated carbocycles. The second-order valence-corrected chi connectivity index (χ2v) is 5.67. The highest BCUT2D eigenvalue weighted by Gasteiger charge is 2.27. The average Bonchev–Trinajstić information content (AvgIpc) is 2.33. The predicted octanol–water partition coefficient (Wildman–Crippen LogP) is 2.30. The molecule has 0 aliphatic rings. The smallest absolute Gasteiger partial charge is 0.325 e. The minimum absolute atomic E-state index is 0.0770. The lowest BCUT2D eigenvalue weighted by molar-refractivity contribution is -0.143. The van der Waals surface area contributed by atoms with Crippen molar-refractivity contribution in [3.63, 3.8) is 0 Å². The fourth-order valence-electron chi connectivity index (χ4n) is 2.00. The fraction of sp³-hybridized carbons (Fsp3) is 0.500. The zero-order valence-electron chi connectivity index (χ0n) is 13.1. The van der Waals surface area contributed by atoms with E-state index in [0.29, 0.717) is 5.75 Å². The summed E-state index contributed by atoms with van der Waals surface area (Å²) in [6, 6.07) is 4.79. The zero-order chi connectivity index (χ0) is 16.2. The van der Waals surface area contributed by atoms with Gasteiger partial charge in [-0.2, -0.15) is 0 Å². The van der Waals surface area contributed by atoms with Crippen molar-refractivity contribution >= 4 is 11.9 Å². The van der Waals surface area contributed by atoms with Crippen LogP contribution in [-0.2, 0) is 9.59 Å². The molecule has 2 unspecified atom stereocenters. The SMILES string of the molecule is Cc1cc(C)cc(OC(C(=O)NC(C)C(=O)O)C(C)C)c1. The first kappa shape index (κ1) is 17.0. The number of carbonyl (C=O) groups excluding carboxylic acids is 1. The molecule has 5 heteroatoms. The first-order chi connectivity index (χ1) is 9.70. The van der Waals surface area contributed by atoms with Gasteiger partial charge in [-0.25, -0.2) is 0 Å². The van der Waals surface area contributed by atoms with Crippen LogP contribution in [-0.4, -0.2) is 29.1 Å². The molecule has 0 radical (unpaired) electrons. The number of amides is 1. The van der Waals surface area contributed by atoms with Crippen LogP contribution in [0.15, 0.2) is 18.2 Å². The second kappa shape index (κ2) is 7.11. The maximum atomic E-state index is 12.2. The standard InChI is InChI=1S/C16H23NO4/c1-9(2)14(15(18)17-12(5)16(19)20)21-13-7-10(3)6-11(4)8-13/h6-9,12,14H,1-5H3,(H,17,18)(H,19,20). The van der Waals surface area contributed by atoms with E-state index in [1.165, 1.54) is 6.92 Å². The highest BCUT2D eigenvalue weighted by atomic mass is 16.5. The molecule has 1 aromatic carbocycles. The van der Waals surface area contributed by atoms with Crippen molar-refractivity contribution in [2.45, 2.75) is 46.8 Å². The topological polar surface area (TPSA) is 75.6 Å². The van der Waals surface area contributed by atoms with Gasteiger partial charge >= 0.3 is 5.97 Å². The van der Waals surface area contributed by atoms with Crippen LogP contribution in [0.25, 0.3) is 0 Å². The van der Waals surface area contributed by atoms with Crippen LogP contribution in [0.2, 0.25) is 0 Å². The number of nitrogens with one attached hydrogen (secondary N) is 1. The summed E-state index contributed by atoms with van der Waals surface area (Å²) in [6.45, 7) is 9.05. The molecule has 0 heterocycles. The second-order valence-electron chi connectivity index (χ2n) is 5.67. The van der Waals surface area contributed by atoms with Gasteiger partial charge < -0.3 is 15.2 Å². The van der Waals surface area contributed by atoms with E-state index in [1.807, 2.05) is 45.9 Å². The van der Waals surface area contributed by atoms with E-state index in [0.717, 1.165) is 11.1 Å². The monoisotopic (exact) mass is 293 g/mol. The van der Waals surface area contributed by atoms with E-state index in [9.17, 15) is 9.59 Å². The predicted molar refractivity (Wildman–Crippen MR) is 80.4 cm³/mol. The summed E-state index contributed by atoms with van der Waals surface area (Å²) in [4.78, 5) is 23.0. The number of hydrogen-bond donors (Lipinski definition) is 2. The lowest BCUT2D eigenvalue weighted by Gasteiger charge is -2.23. The van der Waals surface area contributed by atoms with Gasteiger partial charge in [0.25, 0.3) is 5.91 Å². The van der Waals surface area contributed by atoms with Crippen LogP contribution in [0.5, 0.6) is 5.75 Å². The molecule has 5 nitrogen and oxygen atoms in total. The van der Waals surface area contributed by atoms with Gasteiger partial charge in [-0.15, -0.1) is 0 Å². The molecule has 116 valence electrons. The summed E-state index contributed by atoms with van der Waals surface area (Å²) in [5.41, 5.74) is 2.10. The van der Waals surface area contributed by atoms with Gasteiger partial charge in [-0.3, -0.25) is 9.59 Å². The highest BCUT2D eigenvalue weighted by molar-refractivity contribution is 5.86. The van der Waals surface area contributed by atoms with Crippen LogP contribution < -0.4 is 10.1 Å². The Kier molecular flexibility index (Phi) is 5.76. The molecule has 1 rings (SSSR count). The Morgan fingerprint density at radius 1 is 1.10 bits per heavy atom. The summed E-state index contributed by atoms with van der Waals surface area (Å²) in [6.07, 6.45) is -0.729. The van der Waals surface area contributed by atoms with E-state index < -0.39 is 24.0 Å². The van der Waals surface area contributed by atoms with Crippen LogP contribution in [0.3, 0.4) is 0 Å². The molecule has 0 saturated heterocycles. The minimum atomic E-state index is -1.07. The molecule has 2 atom stereocenters. The average molecular weight is 293 g/mol. The number of hydrogen-bond acceptors (Lipinski definition) is 3. The number of carboxylic acid groups (broad SMARTS) is 1. The summed E-state index contributed by atoms with van der Waals surface area (Å²) in [7, 11) is 0. The summed E-state index contributed by atoms with van der Waals surface area (Å²) < 4.78 is 5.78. The van der Waals surface area contributed by atoms with E-state index in [4.69, 9.17) is 9.84 Å². The van der Waals surface area contributed by atoms with Crippen LogP contribution >= 0.6 is 0 Å². The van der Waals surface area contributed by atoms with Gasteiger partial charge in [-0.1, -0.05) is 19.9 Å². The lowest BCUT2D eigenvalue weighted by Crippen LogP contribution is -2.47. The van der Waals surface area contributed by atoms with Crippen LogP contribution in [0.1, 0.15) is 31.9 Å². The van der Waals surface area contributed by atoms with E-state index >= 15 is 0 Å². The molecular weight excluding hydrogens is 270 g/mol. The zero-order valence-corrected chi connectivity index (χ0v) is 13.1. The van der Waals surface area contributed by atoms with Gasteiger partial charge in [0.15, 0.2) is 6.10 Å². The number of benzene rings is 1. The molecule has 0 aliphatic carbocycles. The van der Waals surface area contributed by atoms with Crippen LogP contribution in [0, 0.1) is 19.8 Å². The maximum absolute atomic E-state index is 12.2. The third kappa shape index (κ3) is 5.10. The molecule has 2 N–H and O–H groups in total. The normalized spacial score (nSPS) is 13.6. The van der Waals surface area contributed by atoms with Crippen molar-refractivity contribution in [1.82, 2.24) is 5.32 Å². The van der Waals surface area contributed by atoms with Gasteiger partial charge in [0.05, 0.1) is 0 Å². The number of aryl methyl sites for hydroxylation is 2. The number of carbonyl (C=O) groups is 2. The molecule has 21 heavy (non-hydrogen) atoms. The van der Waals surface area contributed by atoms with Crippen LogP contribution in [0.4, 0.5) is 0 Å². The van der Waals surface area contributed by atoms with Crippen molar-refractivity contribution < 1.29 is 19.4 Å². The first-order valence-corrected chi connectivity index (χ1v) is 6.99. The van der Waals surface area contributed by atoms with Crippen molar-refractivity contribution in [3.05, 3.63) is 29.3 Å². The Hall–Kier alpha value is -2.04. The number of carboxylic acids is 1. The Morgan fingerprint density at radius 2 is 1.62 bits per heavy atom. The van der Waals surface area contributed by atoms with Gasteiger partial charge in [0.1, 0.15) is 11.8 Å². The number of rotatable bonds is 6. The molecule has 0 spiro atoms. The third-order valence-electron chi connectivity index (χ3n) is 3.05. The molecule has 0 aliphatic heterocycles. The summed E-state index contributed by atoms with van der Waals surface area (Å²) in [5, 5.41) is 11.3. The minimum Gasteiger partial charge on any atom is -0.480 e. The van der Waals surface area contributed by atoms with Gasteiger partial charge in [-0.05, 0) is 49.9 Å². The lowest BCUT2D eigenvalue weighted by atomic mass is 10.1. The molecule has 1 aromatic rings. The van der Waals surface area contributed by atoms with Gasteiger partial charge in [0, 0.05) is 0 Å². The molecule has 0 fully saturated rings. The Morgan fingerprint density at radius 3 is 2.05 bits per heavy atom. The fourth-order valence-corrected chi connectivity index (χ4v) is 2.00. The van der Waals surface area contributed by atoms with Crippen molar-refractivity contribution in [3.8, 4) is 5.75 Å². The molecule has 0 aromatic heterocycles. The Balaban J connectivity index is 2.87. The summed E-state index contributed by atoms with van der Waals surface area (Å²) >= 11 is 0. The molecular formula is C16H23NO4. The third-order valence-corrected chi connectivity index (χ3v) is 3.05. The van der Waals surface area contributed by atoms with E-state index in [1.54, 1.807) is 0 Å². The summed E-state index contributed by atoms with van der Waals surface area (Å²) in [5.74, 6) is -0.951. The van der Waals surface area contributed by atoms with Gasteiger partial charge in [0.2, 0.25) is 0 Å². The van der Waals surface area contributed by atoms with E-state index in [2.05, 4.69) is 5.32 Å². The Labute approximate surface area is 125 Å². The van der Waals surface area contributed by atoms with Crippen molar-refractivity contribution in [2.75, 3.05) is 0 Å². The first-order valence-electron chi connectivity index (χ1n) is 6.99. The highest BCUT2D eigenvalue weighted by Crippen LogP contribution is 2.20. The van der Waals surface area contributed by atoms with E-state index in [-0.39, 0.29) is 5.92 Å². The molecule has 1 amide bonds. The largest absolute Gasteiger partial charge is 0.480 e. The molecule has 0 bridgehead atoms. The quantitative estimate of drug-likeness (QED) is 0.844. The Bertz CT molecular complexity index is 505. The van der Waals surface area contributed by atoms with Crippen molar-refractivity contribution in [1.29, 1.82) is 0 Å².